The molecule has 2 atom stereocenters. The molecule has 0 amide bonds. The lowest BCUT2D eigenvalue weighted by atomic mass is 10.2. The van der Waals surface area contributed by atoms with Crippen LogP contribution in [0.15, 0.2) is 0 Å². The van der Waals surface area contributed by atoms with Crippen LogP contribution in [0.2, 0.25) is 18.1 Å². The van der Waals surface area contributed by atoms with Gasteiger partial charge in [-0.3, -0.25) is 0 Å². The molecule has 1 heterocycles. The molecular weight excluding hydrogens is 200 g/mol. The van der Waals surface area contributed by atoms with E-state index >= 15 is 0 Å². The van der Waals surface area contributed by atoms with Crippen molar-refractivity contribution in [3.63, 3.8) is 0 Å². The van der Waals surface area contributed by atoms with Gasteiger partial charge in [0.2, 0.25) is 0 Å². The quantitative estimate of drug-likeness (QED) is 0.396. The molecule has 0 N–H and O–H groups in total. The van der Waals surface area contributed by atoms with Crippen LogP contribution in [0.1, 0.15) is 40.5 Å². The molecule has 0 bridgehead atoms. The molecule has 0 saturated carbocycles. The maximum Gasteiger partial charge on any atom is 0.144 e. The Bertz CT molecular complexity index is 277. The van der Waals surface area contributed by atoms with Gasteiger partial charge in [-0.2, -0.15) is 0 Å². The molecule has 0 radical (unpaired) electrons. The van der Waals surface area contributed by atoms with E-state index in [1.807, 2.05) is 0 Å². The van der Waals surface area contributed by atoms with Crippen molar-refractivity contribution in [2.75, 3.05) is 0 Å². The molecule has 0 aromatic heterocycles. The maximum atomic E-state index is 5.51. The van der Waals surface area contributed by atoms with Crippen LogP contribution in [-0.4, -0.2) is 20.3 Å². The van der Waals surface area contributed by atoms with Crippen molar-refractivity contribution in [1.82, 2.24) is 0 Å². The zero-order valence-corrected chi connectivity index (χ0v) is 12.0. The van der Waals surface area contributed by atoms with Crippen molar-refractivity contribution in [3.8, 4) is 11.5 Å². The molecule has 1 saturated heterocycles. The summed E-state index contributed by atoms with van der Waals surface area (Å²) in [5.41, 5.74) is 3.51. The van der Waals surface area contributed by atoms with Crippen molar-refractivity contribution in [2.45, 2.75) is 70.9 Å². The third-order valence-electron chi connectivity index (χ3n) is 3.56. The van der Waals surface area contributed by atoms with E-state index in [-0.39, 0.29) is 6.10 Å². The van der Waals surface area contributed by atoms with E-state index in [2.05, 4.69) is 52.3 Å². The molecule has 86 valence electrons. The molecule has 15 heavy (non-hydrogen) atoms. The Hall–Kier alpha value is -0.263. The summed E-state index contributed by atoms with van der Waals surface area (Å²) < 4.78 is 5.51. The summed E-state index contributed by atoms with van der Waals surface area (Å²) in [4.78, 5) is 0. The van der Waals surface area contributed by atoms with E-state index in [0.717, 1.165) is 6.42 Å². The van der Waals surface area contributed by atoms with Gasteiger partial charge >= 0.3 is 0 Å². The lowest BCUT2D eigenvalue weighted by Crippen LogP contribution is -2.35. The lowest BCUT2D eigenvalue weighted by molar-refractivity contribution is 0.380. The monoisotopic (exact) mass is 224 g/mol. The molecule has 0 unspecified atom stereocenters. The Morgan fingerprint density at radius 3 is 2.33 bits per heavy atom. The van der Waals surface area contributed by atoms with E-state index in [1.54, 1.807) is 0 Å². The first kappa shape index (κ1) is 12.8. The third-order valence-corrected chi connectivity index (χ3v) is 8.08. The molecule has 1 nitrogen and oxygen atoms in total. The summed E-state index contributed by atoms with van der Waals surface area (Å²) in [6.45, 7) is 13.8. The van der Waals surface area contributed by atoms with Crippen molar-refractivity contribution < 1.29 is 4.74 Å². The van der Waals surface area contributed by atoms with Crippen LogP contribution >= 0.6 is 0 Å². The van der Waals surface area contributed by atoms with E-state index in [4.69, 9.17) is 4.74 Å². The second kappa shape index (κ2) is 4.31. The van der Waals surface area contributed by atoms with E-state index in [9.17, 15) is 0 Å². The molecule has 0 spiro atoms. The number of hydrogen-bond donors (Lipinski definition) is 0. The Morgan fingerprint density at radius 2 is 1.87 bits per heavy atom. The summed E-state index contributed by atoms with van der Waals surface area (Å²) in [5.74, 6) is 3.33. The van der Waals surface area contributed by atoms with E-state index < -0.39 is 8.07 Å². The Kier molecular flexibility index (Phi) is 3.68. The van der Waals surface area contributed by atoms with Gasteiger partial charge in [-0.25, -0.2) is 0 Å². The highest BCUT2D eigenvalue weighted by Crippen LogP contribution is 2.35. The summed E-state index contributed by atoms with van der Waals surface area (Å²) in [7, 11) is -1.42. The summed E-state index contributed by atoms with van der Waals surface area (Å²) in [6, 6.07) is 0. The predicted octanol–water partition coefficient (Wildman–Crippen LogP) is 3.61. The van der Waals surface area contributed by atoms with Crippen LogP contribution in [0.25, 0.3) is 0 Å². The smallest absolute Gasteiger partial charge is 0.144 e. The van der Waals surface area contributed by atoms with E-state index in [0.29, 0.717) is 11.1 Å². The minimum atomic E-state index is -1.42. The van der Waals surface area contributed by atoms with Crippen molar-refractivity contribution in [2.24, 2.45) is 0 Å². The topological polar surface area (TPSA) is 12.5 Å². The zero-order valence-electron chi connectivity index (χ0n) is 11.0. The predicted molar refractivity (Wildman–Crippen MR) is 68.5 cm³/mol. The van der Waals surface area contributed by atoms with Crippen molar-refractivity contribution >= 4 is 8.07 Å². The second-order valence-electron chi connectivity index (χ2n) is 6.03. The SMILES string of the molecule is CCC[C@H]1O[C@@H]1C#C[Si](C)(C)C(C)(C)C. The van der Waals surface area contributed by atoms with Crippen LogP contribution in [0, 0.1) is 11.5 Å². The van der Waals surface area contributed by atoms with Crippen LogP contribution in [0.5, 0.6) is 0 Å². The first-order valence-corrected chi connectivity index (χ1v) is 8.96. The molecule has 0 aliphatic carbocycles. The normalized spacial score (nSPS) is 25.7. The highest BCUT2D eigenvalue weighted by molar-refractivity contribution is 6.87. The van der Waals surface area contributed by atoms with Gasteiger partial charge in [0.15, 0.2) is 0 Å². The third kappa shape index (κ3) is 3.36. The summed E-state index contributed by atoms with van der Waals surface area (Å²) in [5, 5.41) is 0.356. The summed E-state index contributed by atoms with van der Waals surface area (Å²) >= 11 is 0. The Morgan fingerprint density at radius 1 is 1.27 bits per heavy atom. The molecule has 1 fully saturated rings. The van der Waals surface area contributed by atoms with Gasteiger partial charge in [0.25, 0.3) is 0 Å². The van der Waals surface area contributed by atoms with Crippen molar-refractivity contribution in [1.29, 1.82) is 0 Å². The molecule has 1 rings (SSSR count). The first-order chi connectivity index (χ1) is 6.78. The number of rotatable bonds is 2. The maximum absolute atomic E-state index is 5.51. The van der Waals surface area contributed by atoms with Crippen LogP contribution in [0.4, 0.5) is 0 Å². The fourth-order valence-electron chi connectivity index (χ4n) is 1.21. The Labute approximate surface area is 95.6 Å². The van der Waals surface area contributed by atoms with Gasteiger partial charge in [0, 0.05) is 0 Å². The average molecular weight is 224 g/mol. The number of epoxide rings is 1. The van der Waals surface area contributed by atoms with Crippen molar-refractivity contribution in [3.05, 3.63) is 0 Å². The molecule has 0 aromatic carbocycles. The van der Waals surface area contributed by atoms with Gasteiger partial charge < -0.3 is 4.74 Å². The second-order valence-corrected chi connectivity index (χ2v) is 11.0. The molecule has 0 aromatic rings. The van der Waals surface area contributed by atoms with E-state index in [1.165, 1.54) is 6.42 Å². The van der Waals surface area contributed by atoms with Crippen LogP contribution in [-0.2, 0) is 4.74 Å². The van der Waals surface area contributed by atoms with Gasteiger partial charge in [0.05, 0.1) is 6.10 Å². The van der Waals surface area contributed by atoms with Gasteiger partial charge in [-0.05, 0) is 11.5 Å². The van der Waals surface area contributed by atoms with Gasteiger partial charge in [-0.15, -0.1) is 5.54 Å². The zero-order chi connectivity index (χ0) is 11.7. The van der Waals surface area contributed by atoms with Crippen LogP contribution in [0.3, 0.4) is 0 Å². The lowest BCUT2D eigenvalue weighted by Gasteiger charge is -2.31. The van der Waals surface area contributed by atoms with Gasteiger partial charge in [0.1, 0.15) is 14.2 Å². The fourth-order valence-corrected chi connectivity index (χ4v) is 2.09. The summed E-state index contributed by atoms with van der Waals surface area (Å²) in [6.07, 6.45) is 3.05. The molecule has 2 heteroatoms. The average Bonchev–Trinajstić information content (AvgIpc) is 2.79. The number of hydrogen-bond acceptors (Lipinski definition) is 1. The minimum Gasteiger partial charge on any atom is -0.356 e. The standard InChI is InChI=1S/C13H24OSi/c1-7-8-11-12(14-11)9-10-15(5,6)13(2,3)4/h11-12H,7-8H2,1-6H3/t11-,12-/m1/s1. The minimum absolute atomic E-state index is 0.249. The first-order valence-electron chi connectivity index (χ1n) is 5.96. The molecule has 1 aliphatic rings. The molecule has 1 aliphatic heterocycles. The fraction of sp³-hybridized carbons (Fsp3) is 0.846. The van der Waals surface area contributed by atoms with Crippen LogP contribution < -0.4 is 0 Å². The highest BCUT2D eigenvalue weighted by atomic mass is 28.3. The molecular formula is C13H24OSi. The highest BCUT2D eigenvalue weighted by Gasteiger charge is 2.38. The number of ether oxygens (including phenoxy) is 1. The Balaban J connectivity index is 2.53. The van der Waals surface area contributed by atoms with Gasteiger partial charge in [-0.1, -0.05) is 53.1 Å². The largest absolute Gasteiger partial charge is 0.356 e.